The van der Waals surface area contributed by atoms with Gasteiger partial charge in [-0.05, 0) is 38.8 Å². The van der Waals surface area contributed by atoms with E-state index >= 15 is 0 Å². The molecule has 0 radical (unpaired) electrons. The first kappa shape index (κ1) is 14.1. The second-order valence-corrected chi connectivity index (χ2v) is 6.04. The fourth-order valence-electron chi connectivity index (χ4n) is 2.94. The third-order valence-electron chi connectivity index (χ3n) is 3.95. The van der Waals surface area contributed by atoms with Crippen molar-refractivity contribution in [2.45, 2.75) is 38.4 Å². The summed E-state index contributed by atoms with van der Waals surface area (Å²) in [6, 6.07) is 1.78. The Bertz CT molecular complexity index is 642. The number of fused-ring (bicyclic) bond motifs is 1. The molecule has 112 valence electrons. The number of halogens is 2. The average molecular weight is 295 g/mol. The minimum Gasteiger partial charge on any atom is -0.370 e. The zero-order valence-electron chi connectivity index (χ0n) is 11.8. The lowest BCUT2D eigenvalue weighted by Crippen LogP contribution is -2.37. The number of amides is 1. The molecule has 0 spiro atoms. The number of rotatable bonds is 2. The fourth-order valence-corrected chi connectivity index (χ4v) is 2.94. The molecule has 1 aromatic rings. The van der Waals surface area contributed by atoms with Gasteiger partial charge in [-0.2, -0.15) is 0 Å². The number of nitrogens with zero attached hydrogens (tertiary/aromatic N) is 1. The number of ether oxygens (including phenoxy) is 1. The summed E-state index contributed by atoms with van der Waals surface area (Å²) in [7, 11) is 0. The highest BCUT2D eigenvalue weighted by atomic mass is 19.1. The highest BCUT2D eigenvalue weighted by molar-refractivity contribution is 6.52. The minimum absolute atomic E-state index is 0.0569. The zero-order chi connectivity index (χ0) is 15.4. The number of ketones is 1. The molecule has 0 aliphatic carbocycles. The Morgan fingerprint density at radius 2 is 1.95 bits per heavy atom. The van der Waals surface area contributed by atoms with Gasteiger partial charge in [0.05, 0.1) is 29.5 Å². The summed E-state index contributed by atoms with van der Waals surface area (Å²) in [5, 5.41) is 0. The fraction of sp³-hybridized carbons (Fsp3) is 0.467. The van der Waals surface area contributed by atoms with Crippen LogP contribution >= 0.6 is 0 Å². The van der Waals surface area contributed by atoms with Gasteiger partial charge in [0.1, 0.15) is 11.6 Å². The number of Topliss-reactive ketones (excluding diaryl/α,β-unsaturated/α-hetero) is 1. The lowest BCUT2D eigenvalue weighted by molar-refractivity contribution is -0.115. The second kappa shape index (κ2) is 4.59. The molecule has 4 nitrogen and oxygen atoms in total. The molecule has 0 saturated carbocycles. The van der Waals surface area contributed by atoms with Crippen LogP contribution in [0.1, 0.15) is 37.0 Å². The third kappa shape index (κ3) is 2.23. The van der Waals surface area contributed by atoms with Crippen LogP contribution in [-0.2, 0) is 9.53 Å². The molecule has 1 atom stereocenters. The van der Waals surface area contributed by atoms with Crippen LogP contribution in [0.3, 0.4) is 0 Å². The summed E-state index contributed by atoms with van der Waals surface area (Å²) in [5.74, 6) is -3.55. The van der Waals surface area contributed by atoms with Gasteiger partial charge < -0.3 is 4.74 Å². The molecule has 2 aliphatic heterocycles. The first-order valence-electron chi connectivity index (χ1n) is 6.82. The Labute approximate surface area is 120 Å². The zero-order valence-corrected chi connectivity index (χ0v) is 11.8. The molecule has 2 heterocycles. The molecule has 0 aromatic heterocycles. The van der Waals surface area contributed by atoms with Crippen LogP contribution in [0.2, 0.25) is 0 Å². The molecular weight excluding hydrogens is 280 g/mol. The van der Waals surface area contributed by atoms with Gasteiger partial charge in [0.15, 0.2) is 0 Å². The van der Waals surface area contributed by atoms with E-state index in [1.54, 1.807) is 0 Å². The molecule has 1 saturated heterocycles. The van der Waals surface area contributed by atoms with Crippen LogP contribution in [0.15, 0.2) is 12.1 Å². The molecule has 1 unspecified atom stereocenters. The molecule has 21 heavy (non-hydrogen) atoms. The monoisotopic (exact) mass is 295 g/mol. The summed E-state index contributed by atoms with van der Waals surface area (Å²) >= 11 is 0. The first-order chi connectivity index (χ1) is 9.80. The first-order valence-corrected chi connectivity index (χ1v) is 6.82. The smallest absolute Gasteiger partial charge is 0.299 e. The Balaban J connectivity index is 1.93. The number of hydrogen-bond acceptors (Lipinski definition) is 3. The van der Waals surface area contributed by atoms with Gasteiger partial charge >= 0.3 is 0 Å². The largest absolute Gasteiger partial charge is 0.370 e. The SMILES string of the molecule is CC1(C)CCC(CN2C(=O)C(=O)c3c(F)ccc(F)c32)O1. The van der Waals surface area contributed by atoms with E-state index in [9.17, 15) is 18.4 Å². The maximum Gasteiger partial charge on any atom is 0.299 e. The van der Waals surface area contributed by atoms with E-state index in [0.29, 0.717) is 6.42 Å². The van der Waals surface area contributed by atoms with Crippen molar-refractivity contribution in [2.24, 2.45) is 0 Å². The van der Waals surface area contributed by atoms with Crippen molar-refractivity contribution >= 4 is 17.4 Å². The Kier molecular flexibility index (Phi) is 3.09. The normalized spacial score (nSPS) is 23.8. The van der Waals surface area contributed by atoms with Gasteiger partial charge in [0, 0.05) is 0 Å². The number of benzene rings is 1. The predicted octanol–water partition coefficient (Wildman–Crippen LogP) is 2.45. The van der Waals surface area contributed by atoms with Crippen molar-refractivity contribution in [3.8, 4) is 0 Å². The predicted molar refractivity (Wildman–Crippen MR) is 71.2 cm³/mol. The van der Waals surface area contributed by atoms with E-state index in [0.717, 1.165) is 23.5 Å². The summed E-state index contributed by atoms with van der Waals surface area (Å²) in [4.78, 5) is 24.8. The lowest BCUT2D eigenvalue weighted by Gasteiger charge is -2.23. The maximum atomic E-state index is 13.9. The van der Waals surface area contributed by atoms with Crippen molar-refractivity contribution in [1.82, 2.24) is 0 Å². The quantitative estimate of drug-likeness (QED) is 0.787. The number of anilines is 1. The average Bonchev–Trinajstić information content (AvgIpc) is 2.87. The lowest BCUT2D eigenvalue weighted by atomic mass is 10.1. The third-order valence-corrected chi connectivity index (χ3v) is 3.95. The summed E-state index contributed by atoms with van der Waals surface area (Å²) in [6.45, 7) is 3.91. The molecule has 0 N–H and O–H groups in total. The van der Waals surface area contributed by atoms with Crippen molar-refractivity contribution in [2.75, 3.05) is 11.4 Å². The van der Waals surface area contributed by atoms with Crippen LogP contribution < -0.4 is 4.90 Å². The summed E-state index contributed by atoms with van der Waals surface area (Å²) in [6.07, 6.45) is 1.23. The van der Waals surface area contributed by atoms with Gasteiger partial charge in [-0.15, -0.1) is 0 Å². The molecule has 1 aromatic carbocycles. The van der Waals surface area contributed by atoms with Gasteiger partial charge in [-0.3, -0.25) is 14.5 Å². The van der Waals surface area contributed by atoms with E-state index in [-0.39, 0.29) is 23.9 Å². The minimum atomic E-state index is -1.00. The van der Waals surface area contributed by atoms with Gasteiger partial charge in [0.2, 0.25) is 0 Å². The van der Waals surface area contributed by atoms with E-state index in [4.69, 9.17) is 4.74 Å². The van der Waals surface area contributed by atoms with Crippen LogP contribution in [-0.4, -0.2) is 29.9 Å². The molecule has 6 heteroatoms. The van der Waals surface area contributed by atoms with Crippen LogP contribution in [0, 0.1) is 11.6 Å². The number of carbonyl (C=O) groups is 2. The maximum absolute atomic E-state index is 13.9. The van der Waals surface area contributed by atoms with Gasteiger partial charge in [-0.25, -0.2) is 8.78 Å². The van der Waals surface area contributed by atoms with Crippen molar-refractivity contribution in [3.63, 3.8) is 0 Å². The van der Waals surface area contributed by atoms with Crippen LogP contribution in [0.4, 0.5) is 14.5 Å². The Hall–Kier alpha value is -1.82. The second-order valence-electron chi connectivity index (χ2n) is 6.04. The topological polar surface area (TPSA) is 46.6 Å². The summed E-state index contributed by atoms with van der Waals surface area (Å²) < 4.78 is 33.4. The van der Waals surface area contributed by atoms with Crippen molar-refractivity contribution in [1.29, 1.82) is 0 Å². The molecule has 3 rings (SSSR count). The van der Waals surface area contributed by atoms with E-state index < -0.39 is 28.9 Å². The molecule has 1 amide bonds. The highest BCUT2D eigenvalue weighted by Crippen LogP contribution is 2.36. The van der Waals surface area contributed by atoms with E-state index in [1.165, 1.54) is 0 Å². The van der Waals surface area contributed by atoms with Gasteiger partial charge in [0.25, 0.3) is 11.7 Å². The Morgan fingerprint density at radius 3 is 2.57 bits per heavy atom. The van der Waals surface area contributed by atoms with Crippen molar-refractivity contribution in [3.05, 3.63) is 29.3 Å². The van der Waals surface area contributed by atoms with E-state index in [1.807, 2.05) is 13.8 Å². The standard InChI is InChI=1S/C15H15F2NO3/c1-15(2)6-5-8(21-15)7-18-12-10(17)4-3-9(16)11(12)13(19)14(18)20/h3-4,8H,5-7H2,1-2H3. The molecule has 0 bridgehead atoms. The van der Waals surface area contributed by atoms with Gasteiger partial charge in [-0.1, -0.05) is 0 Å². The summed E-state index contributed by atoms with van der Waals surface area (Å²) in [5.41, 5.74) is -1.05. The number of hydrogen-bond donors (Lipinski definition) is 0. The highest BCUT2D eigenvalue weighted by Gasteiger charge is 2.43. The van der Waals surface area contributed by atoms with Crippen LogP contribution in [0.5, 0.6) is 0 Å². The van der Waals surface area contributed by atoms with Crippen LogP contribution in [0.25, 0.3) is 0 Å². The van der Waals surface area contributed by atoms with E-state index in [2.05, 4.69) is 0 Å². The molecule has 2 aliphatic rings. The van der Waals surface area contributed by atoms with Crippen molar-refractivity contribution < 1.29 is 23.1 Å². The Morgan fingerprint density at radius 1 is 1.29 bits per heavy atom. The molecular formula is C15H15F2NO3. The number of carbonyl (C=O) groups excluding carboxylic acids is 2. The molecule has 1 fully saturated rings.